The van der Waals surface area contributed by atoms with Gasteiger partial charge in [0, 0.05) is 38.2 Å². The van der Waals surface area contributed by atoms with Gasteiger partial charge in [0.25, 0.3) is 0 Å². The molecule has 6 bridgehead atoms. The second kappa shape index (κ2) is 15.0. The second-order valence-corrected chi connectivity index (χ2v) is 15.4. The maximum absolute atomic E-state index is 12.8. The summed E-state index contributed by atoms with van der Waals surface area (Å²) in [6.45, 7) is 2.10. The number of hydrogen-bond donors (Lipinski definition) is 2. The fraction of sp³-hybridized carbons (Fsp3) is 0.372. The third kappa shape index (κ3) is 7.31. The van der Waals surface area contributed by atoms with E-state index in [-0.39, 0.29) is 45.3 Å². The molecule has 2 N–H and O–H groups in total. The van der Waals surface area contributed by atoms with Crippen LogP contribution in [-0.4, -0.2) is 98.7 Å². The van der Waals surface area contributed by atoms with Crippen molar-refractivity contribution in [1.29, 1.82) is 0 Å². The third-order valence-electron chi connectivity index (χ3n) is 11.6. The van der Waals surface area contributed by atoms with Crippen molar-refractivity contribution in [3.8, 4) is 46.0 Å². The molecular weight excluding hydrogens is 720 g/mol. The zero-order chi connectivity index (χ0) is 39.9. The van der Waals surface area contributed by atoms with Gasteiger partial charge in [-0.05, 0) is 64.7 Å². The van der Waals surface area contributed by atoms with E-state index in [9.17, 15) is 24.6 Å². The van der Waals surface area contributed by atoms with Gasteiger partial charge >= 0.3 is 17.9 Å². The van der Waals surface area contributed by atoms with Crippen LogP contribution in [0.1, 0.15) is 52.4 Å². The van der Waals surface area contributed by atoms with Crippen molar-refractivity contribution in [2.24, 2.45) is 0 Å². The number of aliphatic carboxylic acids is 2. The monoisotopic (exact) mass is 768 g/mol. The zero-order valence-corrected chi connectivity index (χ0v) is 32.5. The molecule has 4 heterocycles. The highest BCUT2D eigenvalue weighted by Crippen LogP contribution is 2.54. The van der Waals surface area contributed by atoms with E-state index in [1.807, 2.05) is 74.8 Å². The first-order chi connectivity index (χ1) is 26.7. The lowest BCUT2D eigenvalue weighted by Gasteiger charge is -2.45. The predicted octanol–water partition coefficient (Wildman–Crippen LogP) is 6.28. The van der Waals surface area contributed by atoms with Crippen LogP contribution in [0.15, 0.2) is 60.7 Å². The van der Waals surface area contributed by atoms with E-state index in [1.165, 1.54) is 14.0 Å². The minimum atomic E-state index is -0.960. The highest BCUT2D eigenvalue weighted by atomic mass is 16.6. The largest absolute Gasteiger partial charge is 0.493 e. The van der Waals surface area contributed by atoms with E-state index in [4.69, 9.17) is 28.4 Å². The Morgan fingerprint density at radius 2 is 1.27 bits per heavy atom. The van der Waals surface area contributed by atoms with E-state index in [0.29, 0.717) is 73.1 Å². The summed E-state index contributed by atoms with van der Waals surface area (Å²) in [6.07, 6.45) is 1.97. The Balaban J connectivity index is 1.54. The Morgan fingerprint density at radius 1 is 0.696 bits per heavy atom. The first kappa shape index (κ1) is 38.5. The van der Waals surface area contributed by atoms with E-state index in [0.717, 1.165) is 27.8 Å². The topological polar surface area (TPSA) is 147 Å². The lowest BCUT2D eigenvalue weighted by Crippen LogP contribution is -2.54. The summed E-state index contributed by atoms with van der Waals surface area (Å²) < 4.78 is 37.2. The summed E-state index contributed by atoms with van der Waals surface area (Å²) in [5, 5.41) is 20.4. The number of methoxy groups -OCH3 is 3. The SMILES string of the molecule is COc1ccc2cc1Oc1ccc(cc1)CC1c3cc(c(OC)cc3CC[N+]1(C)CC(=O)O)Oc1c(OC(C)=O)c(OC)cc3c1C(C2)[N+](C)(CC(=O)O)CC3. The van der Waals surface area contributed by atoms with Gasteiger partial charge in [0.2, 0.25) is 5.75 Å². The highest BCUT2D eigenvalue weighted by molar-refractivity contribution is 5.74. The maximum Gasteiger partial charge on any atom is 0.359 e. The van der Waals surface area contributed by atoms with E-state index < -0.39 is 23.9 Å². The van der Waals surface area contributed by atoms with Gasteiger partial charge in [-0.1, -0.05) is 18.2 Å². The number of esters is 1. The fourth-order valence-electron chi connectivity index (χ4n) is 8.80. The van der Waals surface area contributed by atoms with Crippen LogP contribution in [0.25, 0.3) is 0 Å². The molecule has 4 aliphatic rings. The van der Waals surface area contributed by atoms with Gasteiger partial charge in [-0.2, -0.15) is 0 Å². The number of benzene rings is 4. The van der Waals surface area contributed by atoms with Gasteiger partial charge in [0.1, 0.15) is 17.8 Å². The molecule has 0 aromatic heterocycles. The van der Waals surface area contributed by atoms with Gasteiger partial charge in [0.05, 0.1) is 54.1 Å². The lowest BCUT2D eigenvalue weighted by atomic mass is 9.85. The van der Waals surface area contributed by atoms with Crippen LogP contribution < -0.4 is 28.4 Å². The number of ether oxygens (including phenoxy) is 6. The number of carboxylic acid groups (broad SMARTS) is 2. The van der Waals surface area contributed by atoms with Crippen LogP contribution in [0.4, 0.5) is 0 Å². The number of rotatable bonds is 8. The van der Waals surface area contributed by atoms with Crippen molar-refractivity contribution >= 4 is 17.9 Å². The van der Waals surface area contributed by atoms with Crippen molar-refractivity contribution in [2.45, 2.75) is 44.7 Å². The molecule has 56 heavy (non-hydrogen) atoms. The molecule has 0 spiro atoms. The van der Waals surface area contributed by atoms with Crippen molar-refractivity contribution < 1.29 is 62.0 Å². The number of quaternary nitrogens is 2. The first-order valence-electron chi connectivity index (χ1n) is 18.6. The van der Waals surface area contributed by atoms with Crippen LogP contribution >= 0.6 is 0 Å². The Labute approximate surface area is 325 Å². The number of likely N-dealkylation sites (N-methyl/N-ethyl adjacent to an activating group) is 2. The second-order valence-electron chi connectivity index (χ2n) is 15.4. The van der Waals surface area contributed by atoms with Crippen LogP contribution in [0.3, 0.4) is 0 Å². The van der Waals surface area contributed by atoms with Gasteiger partial charge in [0.15, 0.2) is 47.6 Å². The summed E-state index contributed by atoms with van der Waals surface area (Å²) in [7, 11) is 8.51. The Hall–Kier alpha value is -5.79. The number of carbonyl (C=O) groups excluding carboxylic acids is 1. The summed E-state index contributed by atoms with van der Waals surface area (Å²) in [5.74, 6) is 0.460. The normalized spacial score (nSPS) is 22.2. The number of hydrogen-bond acceptors (Lipinski definition) is 9. The quantitative estimate of drug-likeness (QED) is 0.119. The van der Waals surface area contributed by atoms with Crippen LogP contribution in [0, 0.1) is 0 Å². The molecule has 0 fully saturated rings. The minimum Gasteiger partial charge on any atom is -0.493 e. The zero-order valence-electron chi connectivity index (χ0n) is 32.5. The van der Waals surface area contributed by atoms with Gasteiger partial charge < -0.3 is 47.6 Å². The van der Waals surface area contributed by atoms with Crippen LogP contribution in [0.2, 0.25) is 0 Å². The van der Waals surface area contributed by atoms with E-state index >= 15 is 0 Å². The number of carbonyl (C=O) groups is 3. The molecule has 4 aliphatic heterocycles. The van der Waals surface area contributed by atoms with Crippen molar-refractivity contribution in [3.63, 3.8) is 0 Å². The molecule has 4 aromatic rings. The molecule has 294 valence electrons. The molecule has 13 nitrogen and oxygen atoms in total. The van der Waals surface area contributed by atoms with Gasteiger partial charge in [-0.3, -0.25) is 4.79 Å². The summed E-state index contributed by atoms with van der Waals surface area (Å²) in [5.41, 5.74) is 5.30. The average Bonchev–Trinajstić information content (AvgIpc) is 3.14. The number of carboxylic acids is 2. The average molecular weight is 769 g/mol. The van der Waals surface area contributed by atoms with E-state index in [2.05, 4.69) is 0 Å². The molecule has 8 rings (SSSR count). The first-order valence-corrected chi connectivity index (χ1v) is 18.6. The molecule has 0 saturated carbocycles. The standard InChI is InChI=1S/C43H46N2O11/c1-25(46)54-42-38(53-6)21-29-14-16-45(3,24-40(49)50)33-18-27-9-12-34(51-4)36(19-27)55-30-10-7-26(8-11-30)17-32-31-22-37(56-43(42)41(29)33)35(52-5)20-28(31)13-15-44(32,2)23-39(47)48/h7-12,19-22,32-33H,13-18,23-24H2,1-6H3/p+2. The summed E-state index contributed by atoms with van der Waals surface area (Å²) in [4.78, 5) is 37.7. The highest BCUT2D eigenvalue weighted by Gasteiger charge is 2.46. The molecule has 0 saturated heterocycles. The number of nitrogens with zero attached hydrogens (tertiary/aromatic N) is 2. The Bertz CT molecular complexity index is 2200. The number of fused-ring (bicyclic) bond motifs is 2. The van der Waals surface area contributed by atoms with Crippen molar-refractivity contribution in [3.05, 3.63) is 94.0 Å². The molecule has 4 aromatic carbocycles. The van der Waals surface area contributed by atoms with E-state index in [1.54, 1.807) is 14.2 Å². The smallest absolute Gasteiger partial charge is 0.359 e. The summed E-state index contributed by atoms with van der Waals surface area (Å²) >= 11 is 0. The van der Waals surface area contributed by atoms with Crippen molar-refractivity contribution in [1.82, 2.24) is 0 Å². The maximum atomic E-state index is 12.8. The molecule has 4 unspecified atom stereocenters. The van der Waals surface area contributed by atoms with Crippen LogP contribution in [0.5, 0.6) is 46.0 Å². The van der Waals surface area contributed by atoms with Crippen molar-refractivity contribution in [2.75, 3.05) is 61.6 Å². The van der Waals surface area contributed by atoms with Gasteiger partial charge in [-0.25, -0.2) is 9.59 Å². The third-order valence-corrected chi connectivity index (χ3v) is 11.6. The Kier molecular flexibility index (Phi) is 10.3. The van der Waals surface area contributed by atoms with Crippen LogP contribution in [-0.2, 0) is 40.1 Å². The molecule has 4 atom stereocenters. The summed E-state index contributed by atoms with van der Waals surface area (Å²) in [6, 6.07) is 18.3. The molecule has 13 heteroatoms. The minimum absolute atomic E-state index is 0.0584. The molecular formula is C43H48N2O11+2. The lowest BCUT2D eigenvalue weighted by molar-refractivity contribution is -0.934. The Morgan fingerprint density at radius 3 is 1.89 bits per heavy atom. The molecule has 0 radical (unpaired) electrons. The predicted molar refractivity (Wildman–Crippen MR) is 204 cm³/mol. The molecule has 0 aliphatic carbocycles. The fourth-order valence-corrected chi connectivity index (χ4v) is 8.80. The molecule has 0 amide bonds. The van der Waals surface area contributed by atoms with Gasteiger partial charge in [-0.15, -0.1) is 0 Å².